The molecule has 3 heteroatoms. The van der Waals surface area contributed by atoms with E-state index in [9.17, 15) is 0 Å². The number of nitrogens with zero attached hydrogens (tertiary/aromatic N) is 1. The second-order valence-corrected chi connectivity index (χ2v) is 3.01. The van der Waals surface area contributed by atoms with E-state index in [1.807, 2.05) is 13.1 Å². The minimum atomic E-state index is 0.235. The molecule has 9 heavy (non-hydrogen) atoms. The Labute approximate surface area is 58.7 Å². The van der Waals surface area contributed by atoms with Crippen molar-refractivity contribution in [2.24, 2.45) is 5.73 Å². The highest BCUT2D eigenvalue weighted by Crippen LogP contribution is 2.06. The fourth-order valence-corrected chi connectivity index (χ4v) is 1.30. The van der Waals surface area contributed by atoms with Crippen LogP contribution in [0.25, 0.3) is 0 Å². The normalized spacial score (nSPS) is 13.6. The van der Waals surface area contributed by atoms with Crippen LogP contribution in [0.15, 0.2) is 6.20 Å². The Morgan fingerprint density at radius 1 is 2.00 bits per heavy atom. The number of hydrogen-bond acceptors (Lipinski definition) is 3. The molecule has 0 aromatic carbocycles. The zero-order chi connectivity index (χ0) is 6.69. The number of thiazole rings is 1. The van der Waals surface area contributed by atoms with Gasteiger partial charge in [0.05, 0.1) is 0 Å². The van der Waals surface area contributed by atoms with Crippen molar-refractivity contribution in [1.29, 1.82) is 0 Å². The average molecular weight is 141 g/mol. The van der Waals surface area contributed by atoms with Gasteiger partial charge in [0.15, 0.2) is 5.51 Å². The van der Waals surface area contributed by atoms with Gasteiger partial charge >= 0.3 is 0 Å². The van der Waals surface area contributed by atoms with Gasteiger partial charge in [0.25, 0.3) is 0 Å². The molecule has 1 radical (unpaired) electrons. The molecule has 0 saturated carbocycles. The first-order chi connectivity index (χ1) is 4.29. The molecular formula is C6H9N2S. The van der Waals surface area contributed by atoms with Gasteiger partial charge in [-0.25, -0.2) is 4.98 Å². The van der Waals surface area contributed by atoms with Crippen LogP contribution >= 0.6 is 11.3 Å². The first-order valence-electron chi connectivity index (χ1n) is 2.85. The second kappa shape index (κ2) is 2.94. The van der Waals surface area contributed by atoms with Crippen LogP contribution in [0, 0.1) is 5.51 Å². The van der Waals surface area contributed by atoms with Gasteiger partial charge in [-0.15, -0.1) is 11.3 Å². The third kappa shape index (κ3) is 2.11. The molecule has 1 heterocycles. The van der Waals surface area contributed by atoms with Crippen molar-refractivity contribution in [1.82, 2.24) is 4.98 Å². The van der Waals surface area contributed by atoms with Crippen LogP contribution in [0.2, 0.25) is 0 Å². The van der Waals surface area contributed by atoms with Gasteiger partial charge in [0, 0.05) is 17.1 Å². The van der Waals surface area contributed by atoms with Crippen LogP contribution in [0.5, 0.6) is 0 Å². The summed E-state index contributed by atoms with van der Waals surface area (Å²) in [6.45, 7) is 1.99. The predicted octanol–water partition coefficient (Wildman–Crippen LogP) is 0.833. The molecular weight excluding hydrogens is 132 g/mol. The summed E-state index contributed by atoms with van der Waals surface area (Å²) in [5.74, 6) is 0. The summed E-state index contributed by atoms with van der Waals surface area (Å²) in [6, 6.07) is 0.235. The number of hydrogen-bond donors (Lipinski definition) is 1. The van der Waals surface area contributed by atoms with E-state index in [2.05, 4.69) is 10.5 Å². The Balaban J connectivity index is 2.48. The van der Waals surface area contributed by atoms with Gasteiger partial charge in [-0.05, 0) is 13.3 Å². The van der Waals surface area contributed by atoms with Crippen LogP contribution in [-0.2, 0) is 6.42 Å². The first-order valence-corrected chi connectivity index (χ1v) is 3.67. The van der Waals surface area contributed by atoms with Gasteiger partial charge < -0.3 is 5.73 Å². The molecule has 0 bridgehead atoms. The summed E-state index contributed by atoms with van der Waals surface area (Å²) >= 11 is 1.54. The molecule has 1 unspecified atom stereocenters. The fraction of sp³-hybridized carbons (Fsp3) is 0.500. The monoisotopic (exact) mass is 141 g/mol. The van der Waals surface area contributed by atoms with E-state index in [0.717, 1.165) is 6.42 Å². The van der Waals surface area contributed by atoms with E-state index in [0.29, 0.717) is 0 Å². The molecule has 49 valence electrons. The van der Waals surface area contributed by atoms with Crippen LogP contribution in [0.3, 0.4) is 0 Å². The quantitative estimate of drug-likeness (QED) is 0.662. The van der Waals surface area contributed by atoms with E-state index in [4.69, 9.17) is 5.73 Å². The second-order valence-electron chi connectivity index (χ2n) is 2.10. The summed E-state index contributed by atoms with van der Waals surface area (Å²) in [5, 5.41) is 0. The molecule has 2 nitrogen and oxygen atoms in total. The Kier molecular flexibility index (Phi) is 2.19. The standard InChI is InChI=1S/C6H9N2S/c1-5(7)2-6-3-8-4-9-6/h3,5H,2,7H2,1H3. The molecule has 0 saturated heterocycles. The molecule has 0 spiro atoms. The molecule has 1 aromatic rings. The van der Waals surface area contributed by atoms with Gasteiger partial charge in [-0.1, -0.05) is 0 Å². The molecule has 0 aliphatic rings. The maximum atomic E-state index is 5.55. The van der Waals surface area contributed by atoms with Crippen molar-refractivity contribution in [2.75, 3.05) is 0 Å². The molecule has 1 aromatic heterocycles. The van der Waals surface area contributed by atoms with Gasteiger partial charge in [0.2, 0.25) is 0 Å². The zero-order valence-electron chi connectivity index (χ0n) is 5.29. The van der Waals surface area contributed by atoms with Crippen LogP contribution < -0.4 is 5.73 Å². The third-order valence-electron chi connectivity index (χ3n) is 0.961. The van der Waals surface area contributed by atoms with E-state index >= 15 is 0 Å². The molecule has 1 rings (SSSR count). The Morgan fingerprint density at radius 2 is 2.78 bits per heavy atom. The minimum absolute atomic E-state index is 0.235. The van der Waals surface area contributed by atoms with E-state index in [1.165, 1.54) is 16.2 Å². The minimum Gasteiger partial charge on any atom is -0.328 e. The topological polar surface area (TPSA) is 38.9 Å². The predicted molar refractivity (Wildman–Crippen MR) is 38.3 cm³/mol. The lowest BCUT2D eigenvalue weighted by Gasteiger charge is -1.98. The summed E-state index contributed by atoms with van der Waals surface area (Å²) in [4.78, 5) is 5.03. The highest BCUT2D eigenvalue weighted by Gasteiger charge is 1.97. The lowest BCUT2D eigenvalue weighted by atomic mass is 10.2. The maximum Gasteiger partial charge on any atom is 0.152 e. The molecule has 2 N–H and O–H groups in total. The largest absolute Gasteiger partial charge is 0.328 e. The van der Waals surface area contributed by atoms with Crippen LogP contribution in [0.4, 0.5) is 0 Å². The van der Waals surface area contributed by atoms with Crippen LogP contribution in [-0.4, -0.2) is 11.0 Å². The van der Waals surface area contributed by atoms with Crippen molar-refractivity contribution in [3.05, 3.63) is 16.6 Å². The third-order valence-corrected chi connectivity index (χ3v) is 1.69. The molecule has 0 fully saturated rings. The zero-order valence-corrected chi connectivity index (χ0v) is 6.11. The molecule has 1 atom stereocenters. The van der Waals surface area contributed by atoms with Crippen molar-refractivity contribution in [3.63, 3.8) is 0 Å². The number of nitrogens with two attached hydrogens (primary N) is 1. The van der Waals surface area contributed by atoms with Crippen molar-refractivity contribution < 1.29 is 0 Å². The van der Waals surface area contributed by atoms with Crippen molar-refractivity contribution in [2.45, 2.75) is 19.4 Å². The summed E-state index contributed by atoms with van der Waals surface area (Å²) in [7, 11) is 0. The fourth-order valence-electron chi connectivity index (χ4n) is 0.621. The molecule has 0 aliphatic carbocycles. The summed E-state index contributed by atoms with van der Waals surface area (Å²) in [5.41, 5.74) is 8.32. The van der Waals surface area contributed by atoms with Crippen molar-refractivity contribution in [3.8, 4) is 0 Å². The van der Waals surface area contributed by atoms with E-state index in [-0.39, 0.29) is 6.04 Å². The first kappa shape index (κ1) is 6.71. The van der Waals surface area contributed by atoms with Gasteiger partial charge in [0.1, 0.15) is 0 Å². The van der Waals surface area contributed by atoms with Crippen molar-refractivity contribution >= 4 is 11.3 Å². The van der Waals surface area contributed by atoms with Crippen LogP contribution in [0.1, 0.15) is 11.8 Å². The molecule has 0 aliphatic heterocycles. The highest BCUT2D eigenvalue weighted by atomic mass is 32.1. The Morgan fingerprint density at radius 3 is 3.22 bits per heavy atom. The number of rotatable bonds is 2. The summed E-state index contributed by atoms with van der Waals surface area (Å²) < 4.78 is 0. The van der Waals surface area contributed by atoms with E-state index in [1.54, 1.807) is 0 Å². The average Bonchev–Trinajstić information content (AvgIpc) is 2.15. The summed E-state index contributed by atoms with van der Waals surface area (Å²) in [6.07, 6.45) is 2.73. The number of aromatic nitrogens is 1. The SMILES string of the molecule is CC(N)Cc1cn[c]s1. The lowest BCUT2D eigenvalue weighted by Crippen LogP contribution is -2.16. The Bertz CT molecular complexity index is 158. The molecule has 0 amide bonds. The Hall–Kier alpha value is -0.410. The van der Waals surface area contributed by atoms with Gasteiger partial charge in [-0.2, -0.15) is 0 Å². The highest BCUT2D eigenvalue weighted by molar-refractivity contribution is 7.09. The van der Waals surface area contributed by atoms with Gasteiger partial charge in [-0.3, -0.25) is 0 Å². The smallest absolute Gasteiger partial charge is 0.152 e. The lowest BCUT2D eigenvalue weighted by molar-refractivity contribution is 0.745. The maximum absolute atomic E-state index is 5.55. The van der Waals surface area contributed by atoms with E-state index < -0.39 is 0 Å².